The average Bonchev–Trinajstić information content (AvgIpc) is 1.59. The fourth-order valence-corrected chi connectivity index (χ4v) is 0. The second-order valence-corrected chi connectivity index (χ2v) is 2.98. The van der Waals surface area contributed by atoms with Crippen molar-refractivity contribution in [1.82, 2.24) is 0 Å². The zero-order chi connectivity index (χ0) is 9.65. The fourth-order valence-electron chi connectivity index (χ4n) is 0. The molecule has 0 aromatic rings. The number of hydrogen-bond acceptors (Lipinski definition) is 3. The Hall–Kier alpha value is -1.10. The Morgan fingerprint density at radius 1 is 1.09 bits per heavy atom. The molecule has 0 aliphatic heterocycles. The van der Waals surface area contributed by atoms with E-state index in [2.05, 4.69) is 0 Å². The average molecular weight is 163 g/mol. The van der Waals surface area contributed by atoms with Crippen LogP contribution in [0.4, 0.5) is 0 Å². The van der Waals surface area contributed by atoms with Gasteiger partial charge in [-0.25, -0.2) is 9.59 Å². The molecule has 11 heavy (non-hydrogen) atoms. The van der Waals surface area contributed by atoms with Crippen LogP contribution < -0.4 is 5.73 Å². The lowest BCUT2D eigenvalue weighted by Crippen LogP contribution is -2.26. The zero-order valence-electron chi connectivity index (χ0n) is 6.79. The molecule has 0 atom stereocenters. The summed E-state index contributed by atoms with van der Waals surface area (Å²) in [5.74, 6) is -3.65. The number of carboxylic acid groups (broad SMARTS) is 2. The minimum atomic E-state index is -1.82. The molecule has 0 saturated carbocycles. The molecule has 0 aromatic heterocycles. The molecule has 0 aliphatic carbocycles. The summed E-state index contributed by atoms with van der Waals surface area (Å²) in [5, 5.41) is 14.8. The molecule has 0 radical (unpaired) electrons. The van der Waals surface area contributed by atoms with Crippen molar-refractivity contribution < 1.29 is 19.8 Å². The maximum Gasteiger partial charge on any atom is 0.414 e. The van der Waals surface area contributed by atoms with Crippen molar-refractivity contribution in [2.75, 3.05) is 0 Å². The van der Waals surface area contributed by atoms with Crippen molar-refractivity contribution in [2.45, 2.75) is 26.3 Å². The van der Waals surface area contributed by atoms with Crippen LogP contribution in [0.2, 0.25) is 0 Å². The lowest BCUT2D eigenvalue weighted by molar-refractivity contribution is -0.159. The summed E-state index contributed by atoms with van der Waals surface area (Å²) in [5.41, 5.74) is 5.35. The van der Waals surface area contributed by atoms with Gasteiger partial charge in [0.25, 0.3) is 0 Å². The lowest BCUT2D eigenvalue weighted by Gasteiger charge is -2.06. The van der Waals surface area contributed by atoms with Crippen LogP contribution in [0.3, 0.4) is 0 Å². The van der Waals surface area contributed by atoms with Crippen molar-refractivity contribution in [3.63, 3.8) is 0 Å². The van der Waals surface area contributed by atoms with Crippen LogP contribution >= 0.6 is 0 Å². The Bertz CT molecular complexity index is 129. The summed E-state index contributed by atoms with van der Waals surface area (Å²) in [4.78, 5) is 18.2. The quantitative estimate of drug-likeness (QED) is 0.433. The SMILES string of the molecule is CC(C)(C)N.O=C(O)C(=O)O. The van der Waals surface area contributed by atoms with E-state index in [9.17, 15) is 0 Å². The Labute approximate surface area is 64.8 Å². The smallest absolute Gasteiger partial charge is 0.414 e. The van der Waals surface area contributed by atoms with Crippen LogP contribution in [0, 0.1) is 0 Å². The molecule has 0 heterocycles. The van der Waals surface area contributed by atoms with Gasteiger partial charge in [0.2, 0.25) is 0 Å². The third-order valence-electron chi connectivity index (χ3n) is 0.183. The van der Waals surface area contributed by atoms with Crippen LogP contribution in [-0.4, -0.2) is 27.7 Å². The molecular weight excluding hydrogens is 150 g/mol. The number of rotatable bonds is 0. The maximum atomic E-state index is 9.10. The van der Waals surface area contributed by atoms with E-state index in [0.29, 0.717) is 0 Å². The number of carbonyl (C=O) groups is 2. The molecule has 0 saturated heterocycles. The van der Waals surface area contributed by atoms with Crippen LogP contribution in [0.15, 0.2) is 0 Å². The zero-order valence-corrected chi connectivity index (χ0v) is 6.79. The predicted molar refractivity (Wildman–Crippen MR) is 39.2 cm³/mol. The van der Waals surface area contributed by atoms with E-state index in [1.165, 1.54) is 0 Å². The highest BCUT2D eigenvalue weighted by Gasteiger charge is 2.04. The van der Waals surface area contributed by atoms with Crippen LogP contribution in [0.25, 0.3) is 0 Å². The van der Waals surface area contributed by atoms with E-state index < -0.39 is 11.9 Å². The van der Waals surface area contributed by atoms with Gasteiger partial charge in [0.1, 0.15) is 0 Å². The summed E-state index contributed by atoms with van der Waals surface area (Å²) in [7, 11) is 0. The van der Waals surface area contributed by atoms with Gasteiger partial charge in [-0.2, -0.15) is 0 Å². The normalized spacial score (nSPS) is 9.45. The number of carboxylic acids is 2. The highest BCUT2D eigenvalue weighted by atomic mass is 16.4. The van der Waals surface area contributed by atoms with E-state index in [0.717, 1.165) is 0 Å². The van der Waals surface area contributed by atoms with Crippen molar-refractivity contribution in [1.29, 1.82) is 0 Å². The van der Waals surface area contributed by atoms with Gasteiger partial charge in [0, 0.05) is 5.54 Å². The van der Waals surface area contributed by atoms with Gasteiger partial charge in [-0.1, -0.05) is 0 Å². The molecule has 0 aliphatic rings. The fraction of sp³-hybridized carbons (Fsp3) is 0.667. The Morgan fingerprint density at radius 2 is 1.18 bits per heavy atom. The topological polar surface area (TPSA) is 101 Å². The van der Waals surface area contributed by atoms with Crippen molar-refractivity contribution in [2.24, 2.45) is 5.73 Å². The Balaban J connectivity index is 0. The highest BCUT2D eigenvalue weighted by molar-refractivity contribution is 6.27. The third-order valence-corrected chi connectivity index (χ3v) is 0.183. The van der Waals surface area contributed by atoms with Gasteiger partial charge >= 0.3 is 11.9 Å². The first-order valence-electron chi connectivity index (χ1n) is 2.89. The largest absolute Gasteiger partial charge is 0.473 e. The summed E-state index contributed by atoms with van der Waals surface area (Å²) < 4.78 is 0. The summed E-state index contributed by atoms with van der Waals surface area (Å²) in [6, 6.07) is 0. The van der Waals surface area contributed by atoms with Gasteiger partial charge in [-0.05, 0) is 20.8 Å². The first-order chi connectivity index (χ1) is 4.64. The number of hydrogen-bond donors (Lipinski definition) is 3. The molecule has 0 amide bonds. The van der Waals surface area contributed by atoms with E-state index in [4.69, 9.17) is 25.5 Å². The monoisotopic (exact) mass is 163 g/mol. The Morgan fingerprint density at radius 3 is 1.18 bits per heavy atom. The number of aliphatic carboxylic acids is 2. The predicted octanol–water partition coefficient (Wildman–Crippen LogP) is -0.101. The molecule has 0 aromatic carbocycles. The molecule has 5 nitrogen and oxygen atoms in total. The molecule has 0 spiro atoms. The van der Waals surface area contributed by atoms with Crippen molar-refractivity contribution >= 4 is 11.9 Å². The lowest BCUT2D eigenvalue weighted by atomic mass is 10.1. The summed E-state index contributed by atoms with van der Waals surface area (Å²) >= 11 is 0. The highest BCUT2D eigenvalue weighted by Crippen LogP contribution is 1.88. The third kappa shape index (κ3) is 50.4. The van der Waals surface area contributed by atoms with Gasteiger partial charge < -0.3 is 15.9 Å². The molecule has 0 bridgehead atoms. The second kappa shape index (κ2) is 4.68. The van der Waals surface area contributed by atoms with E-state index in [1.54, 1.807) is 0 Å². The van der Waals surface area contributed by atoms with Crippen molar-refractivity contribution in [3.05, 3.63) is 0 Å². The molecule has 66 valence electrons. The standard InChI is InChI=1S/C4H11N.C2H2O4/c1-4(2,3)5;3-1(4)2(5)6/h5H2,1-3H3;(H,3,4)(H,5,6). The molecule has 0 rings (SSSR count). The van der Waals surface area contributed by atoms with Gasteiger partial charge in [-0.3, -0.25) is 0 Å². The Kier molecular flexibility index (Phi) is 5.34. The first kappa shape index (κ1) is 12.6. The molecule has 0 fully saturated rings. The van der Waals surface area contributed by atoms with Crippen LogP contribution in [0.1, 0.15) is 20.8 Å². The molecule has 0 unspecified atom stereocenters. The summed E-state index contributed by atoms with van der Waals surface area (Å²) in [6.45, 7) is 5.90. The molecule has 5 heteroatoms. The van der Waals surface area contributed by atoms with Gasteiger partial charge in [0.05, 0.1) is 0 Å². The first-order valence-corrected chi connectivity index (χ1v) is 2.89. The minimum absolute atomic E-state index is 0. The summed E-state index contributed by atoms with van der Waals surface area (Å²) in [6.07, 6.45) is 0. The minimum Gasteiger partial charge on any atom is -0.473 e. The number of nitrogens with two attached hydrogens (primary N) is 1. The van der Waals surface area contributed by atoms with E-state index in [1.807, 2.05) is 20.8 Å². The van der Waals surface area contributed by atoms with E-state index >= 15 is 0 Å². The maximum absolute atomic E-state index is 9.10. The van der Waals surface area contributed by atoms with Gasteiger partial charge in [0.15, 0.2) is 0 Å². The second-order valence-electron chi connectivity index (χ2n) is 2.98. The van der Waals surface area contributed by atoms with E-state index in [-0.39, 0.29) is 5.54 Å². The van der Waals surface area contributed by atoms with Crippen molar-refractivity contribution in [3.8, 4) is 0 Å². The van der Waals surface area contributed by atoms with Crippen LogP contribution in [0.5, 0.6) is 0 Å². The molecular formula is C6H13NO4. The van der Waals surface area contributed by atoms with Crippen LogP contribution in [-0.2, 0) is 9.59 Å². The van der Waals surface area contributed by atoms with Gasteiger partial charge in [-0.15, -0.1) is 0 Å². The molecule has 4 N–H and O–H groups in total.